The molecule has 0 bridgehead atoms. The van der Waals surface area contributed by atoms with Gasteiger partial charge in [-0.1, -0.05) is 13.8 Å². The maximum Gasteiger partial charge on any atom is 0.328 e. The summed E-state index contributed by atoms with van der Waals surface area (Å²) in [6, 6.07) is 1.48. The number of amides is 4. The van der Waals surface area contributed by atoms with Crippen LogP contribution in [-0.4, -0.2) is 88.3 Å². The third-order valence-electron chi connectivity index (χ3n) is 5.62. The third kappa shape index (κ3) is 3.90. The van der Waals surface area contributed by atoms with E-state index in [2.05, 4.69) is 14.9 Å². The van der Waals surface area contributed by atoms with Gasteiger partial charge in [0, 0.05) is 45.6 Å². The molecule has 2 saturated heterocycles. The van der Waals surface area contributed by atoms with Gasteiger partial charge in [0.1, 0.15) is 12.1 Å². The van der Waals surface area contributed by atoms with Gasteiger partial charge in [-0.15, -0.1) is 0 Å². The van der Waals surface area contributed by atoms with E-state index in [1.807, 2.05) is 26.8 Å². The highest BCUT2D eigenvalue weighted by Gasteiger charge is 2.58. The van der Waals surface area contributed by atoms with E-state index < -0.39 is 5.54 Å². The molecule has 0 unspecified atom stereocenters. The first kappa shape index (κ1) is 21.0. The second-order valence-electron chi connectivity index (χ2n) is 8.48. The Labute approximate surface area is 171 Å². The highest BCUT2D eigenvalue weighted by molar-refractivity contribution is 6.09. The molecule has 2 aliphatic rings. The van der Waals surface area contributed by atoms with Gasteiger partial charge in [-0.2, -0.15) is 0 Å². The summed E-state index contributed by atoms with van der Waals surface area (Å²) in [7, 11) is 3.24. The summed E-state index contributed by atoms with van der Waals surface area (Å²) < 4.78 is 0. The minimum absolute atomic E-state index is 0.214. The molecule has 1 spiro atoms. The zero-order chi connectivity index (χ0) is 21.3. The quantitative estimate of drug-likeness (QED) is 0.686. The predicted molar refractivity (Wildman–Crippen MR) is 108 cm³/mol. The lowest BCUT2D eigenvalue weighted by atomic mass is 9.85. The molecular formula is C20H30N6O3. The van der Waals surface area contributed by atoms with E-state index >= 15 is 0 Å². The van der Waals surface area contributed by atoms with Crippen LogP contribution in [0.4, 0.5) is 10.7 Å². The normalized spacial score (nSPS) is 18.9. The van der Waals surface area contributed by atoms with Crippen molar-refractivity contribution in [2.45, 2.75) is 39.2 Å². The van der Waals surface area contributed by atoms with Gasteiger partial charge in [0.25, 0.3) is 5.91 Å². The number of carbonyl (C=O) groups excluding carboxylic acids is 3. The zero-order valence-electron chi connectivity index (χ0n) is 17.9. The molecule has 0 radical (unpaired) electrons. The molecule has 0 aliphatic carbocycles. The Balaban J connectivity index is 1.84. The van der Waals surface area contributed by atoms with Crippen LogP contribution in [0.3, 0.4) is 0 Å². The van der Waals surface area contributed by atoms with Gasteiger partial charge in [0.05, 0.1) is 0 Å². The van der Waals surface area contributed by atoms with E-state index in [4.69, 9.17) is 0 Å². The van der Waals surface area contributed by atoms with E-state index in [-0.39, 0.29) is 30.3 Å². The van der Waals surface area contributed by atoms with E-state index in [0.29, 0.717) is 38.4 Å². The Morgan fingerprint density at radius 3 is 2.45 bits per heavy atom. The van der Waals surface area contributed by atoms with Gasteiger partial charge < -0.3 is 14.7 Å². The first-order valence-corrected chi connectivity index (χ1v) is 10.0. The molecule has 0 aromatic carbocycles. The number of rotatable bonds is 5. The number of piperidine rings is 1. The first-order chi connectivity index (χ1) is 13.7. The SMILES string of the molecule is Cc1ccnc(N2CCC3(CC2)C(=O)N(CC(=O)N(C)C)C(=O)N3CC(C)C)n1. The summed E-state index contributed by atoms with van der Waals surface area (Å²) in [5.41, 5.74) is -0.00826. The Hall–Kier alpha value is -2.71. The summed E-state index contributed by atoms with van der Waals surface area (Å²) in [6.07, 6.45) is 2.72. The number of anilines is 1. The molecule has 1 aromatic rings. The second-order valence-corrected chi connectivity index (χ2v) is 8.48. The highest BCUT2D eigenvalue weighted by Crippen LogP contribution is 2.38. The maximum atomic E-state index is 13.4. The number of hydrogen-bond acceptors (Lipinski definition) is 6. The molecule has 4 amide bonds. The van der Waals surface area contributed by atoms with Crippen molar-refractivity contribution in [3.63, 3.8) is 0 Å². The minimum atomic E-state index is -0.895. The molecule has 3 rings (SSSR count). The van der Waals surface area contributed by atoms with Gasteiger partial charge in [0.15, 0.2) is 0 Å². The van der Waals surface area contributed by atoms with Crippen molar-refractivity contribution in [3.8, 4) is 0 Å². The van der Waals surface area contributed by atoms with Crippen molar-refractivity contribution in [1.29, 1.82) is 0 Å². The number of aryl methyl sites for hydroxylation is 1. The predicted octanol–water partition coefficient (Wildman–Crippen LogP) is 1.13. The maximum absolute atomic E-state index is 13.4. The Bertz CT molecular complexity index is 801. The fourth-order valence-electron chi connectivity index (χ4n) is 3.96. The van der Waals surface area contributed by atoms with Gasteiger partial charge in [-0.05, 0) is 31.7 Å². The number of carbonyl (C=O) groups is 3. The lowest BCUT2D eigenvalue weighted by molar-refractivity contribution is -0.139. The summed E-state index contributed by atoms with van der Waals surface area (Å²) in [5, 5.41) is 0. The van der Waals surface area contributed by atoms with Crippen LogP contribution in [0.15, 0.2) is 12.3 Å². The Morgan fingerprint density at radius 1 is 1.24 bits per heavy atom. The number of likely N-dealkylation sites (N-methyl/N-ethyl adjacent to an activating group) is 1. The summed E-state index contributed by atoms with van der Waals surface area (Å²) >= 11 is 0. The van der Waals surface area contributed by atoms with Crippen LogP contribution in [-0.2, 0) is 9.59 Å². The molecule has 2 aliphatic heterocycles. The van der Waals surface area contributed by atoms with E-state index in [1.54, 1.807) is 25.2 Å². The van der Waals surface area contributed by atoms with Gasteiger partial charge in [0.2, 0.25) is 11.9 Å². The average molecular weight is 402 g/mol. The lowest BCUT2D eigenvalue weighted by Gasteiger charge is -2.42. The fourth-order valence-corrected chi connectivity index (χ4v) is 3.96. The average Bonchev–Trinajstić information content (AvgIpc) is 2.84. The second kappa shape index (κ2) is 7.96. The molecule has 9 heteroatoms. The van der Waals surface area contributed by atoms with Crippen LogP contribution < -0.4 is 4.90 Å². The zero-order valence-corrected chi connectivity index (χ0v) is 17.9. The standard InChI is InChI=1S/C20H30N6O3/c1-14(2)12-26-19(29)25(13-16(27)23(4)5)17(28)20(26)7-10-24(11-8-20)18-21-9-6-15(3)22-18/h6,9,14H,7-8,10-13H2,1-5H3. The summed E-state index contributed by atoms with van der Waals surface area (Å²) in [4.78, 5) is 53.8. The monoisotopic (exact) mass is 402 g/mol. The van der Waals surface area contributed by atoms with E-state index in [9.17, 15) is 14.4 Å². The van der Waals surface area contributed by atoms with Crippen molar-refractivity contribution in [1.82, 2.24) is 24.7 Å². The van der Waals surface area contributed by atoms with Crippen molar-refractivity contribution in [2.24, 2.45) is 5.92 Å². The van der Waals surface area contributed by atoms with Crippen LogP contribution in [0.25, 0.3) is 0 Å². The Kier molecular flexibility index (Phi) is 5.77. The molecule has 0 atom stereocenters. The first-order valence-electron chi connectivity index (χ1n) is 10.0. The van der Waals surface area contributed by atoms with E-state index in [0.717, 1.165) is 10.6 Å². The van der Waals surface area contributed by atoms with Gasteiger partial charge >= 0.3 is 6.03 Å². The molecule has 3 heterocycles. The lowest BCUT2D eigenvalue weighted by Crippen LogP contribution is -2.57. The van der Waals surface area contributed by atoms with Crippen LogP contribution in [0, 0.1) is 12.8 Å². The largest absolute Gasteiger partial charge is 0.347 e. The minimum Gasteiger partial charge on any atom is -0.347 e. The number of aromatic nitrogens is 2. The fraction of sp³-hybridized carbons (Fsp3) is 0.650. The topological polar surface area (TPSA) is 90.0 Å². The molecule has 0 N–H and O–H groups in total. The molecule has 0 saturated carbocycles. The molecule has 2 fully saturated rings. The van der Waals surface area contributed by atoms with Gasteiger partial charge in [-0.3, -0.25) is 14.5 Å². The van der Waals surface area contributed by atoms with E-state index in [1.165, 1.54) is 4.90 Å². The van der Waals surface area contributed by atoms with Crippen LogP contribution >= 0.6 is 0 Å². The number of urea groups is 1. The molecule has 29 heavy (non-hydrogen) atoms. The van der Waals surface area contributed by atoms with Crippen LogP contribution in [0.2, 0.25) is 0 Å². The number of imide groups is 1. The smallest absolute Gasteiger partial charge is 0.328 e. The van der Waals surface area contributed by atoms with Crippen molar-refractivity contribution in [2.75, 3.05) is 45.2 Å². The van der Waals surface area contributed by atoms with Crippen molar-refractivity contribution >= 4 is 23.8 Å². The van der Waals surface area contributed by atoms with Crippen LogP contribution in [0.5, 0.6) is 0 Å². The summed E-state index contributed by atoms with van der Waals surface area (Å²) in [5.74, 6) is 0.333. The molecule has 158 valence electrons. The number of nitrogens with zero attached hydrogens (tertiary/aromatic N) is 6. The molecule has 9 nitrogen and oxygen atoms in total. The highest BCUT2D eigenvalue weighted by atomic mass is 16.2. The van der Waals surface area contributed by atoms with Gasteiger partial charge in [-0.25, -0.2) is 14.8 Å². The van der Waals surface area contributed by atoms with Crippen LogP contribution in [0.1, 0.15) is 32.4 Å². The summed E-state index contributed by atoms with van der Waals surface area (Å²) in [6.45, 7) is 7.38. The Morgan fingerprint density at radius 2 is 1.90 bits per heavy atom. The third-order valence-corrected chi connectivity index (χ3v) is 5.62. The molecular weight excluding hydrogens is 372 g/mol. The van der Waals surface area contributed by atoms with Crippen molar-refractivity contribution in [3.05, 3.63) is 18.0 Å². The number of hydrogen-bond donors (Lipinski definition) is 0. The molecule has 1 aromatic heterocycles. The van der Waals surface area contributed by atoms with Crippen molar-refractivity contribution < 1.29 is 14.4 Å².